The Morgan fingerprint density at radius 3 is 2.55 bits per heavy atom. The average molecular weight is 427 g/mol. The molecule has 2 aromatic heterocycles. The molecule has 9 nitrogen and oxygen atoms in total. The van der Waals surface area contributed by atoms with E-state index in [0.717, 1.165) is 17.1 Å². The van der Waals surface area contributed by atoms with Gasteiger partial charge in [-0.1, -0.05) is 12.1 Å². The van der Waals surface area contributed by atoms with Crippen LogP contribution >= 0.6 is 0 Å². The van der Waals surface area contributed by atoms with Crippen molar-refractivity contribution >= 4 is 38.9 Å². The molecule has 0 saturated carbocycles. The zero-order valence-electron chi connectivity index (χ0n) is 15.0. The van der Waals surface area contributed by atoms with Crippen LogP contribution in [0.2, 0.25) is 0 Å². The summed E-state index contributed by atoms with van der Waals surface area (Å²) in [7, 11) is -3.55. The summed E-state index contributed by atoms with van der Waals surface area (Å²) in [5.41, 5.74) is 0.810. The number of rotatable bonds is 8. The molecule has 3 rings (SSSR count). The van der Waals surface area contributed by atoms with Crippen molar-refractivity contribution in [3.8, 4) is 0 Å². The quantitative estimate of drug-likeness (QED) is 0.506. The predicted octanol–water partition coefficient (Wildman–Crippen LogP) is 2.94. The first-order valence-corrected chi connectivity index (χ1v) is 10.0. The molecule has 3 N–H and O–H groups in total. The van der Waals surface area contributed by atoms with Crippen molar-refractivity contribution in [1.82, 2.24) is 19.7 Å². The number of para-hydroxylation sites is 2. The van der Waals surface area contributed by atoms with Crippen LogP contribution in [-0.4, -0.2) is 40.8 Å². The van der Waals surface area contributed by atoms with Crippen molar-refractivity contribution < 1.29 is 21.6 Å². The SMILES string of the molecule is CS(=O)(=O)Nc1ccccc1Nc1nc(Nc2cnn(CC(F)F)c2)ncc1F. The van der Waals surface area contributed by atoms with Crippen LogP contribution in [0.4, 0.5) is 42.0 Å². The lowest BCUT2D eigenvalue weighted by Crippen LogP contribution is -2.11. The first-order chi connectivity index (χ1) is 13.7. The first kappa shape index (κ1) is 20.4. The Morgan fingerprint density at radius 2 is 1.86 bits per heavy atom. The molecule has 154 valence electrons. The summed E-state index contributed by atoms with van der Waals surface area (Å²) in [5.74, 6) is -1.01. The number of alkyl halides is 2. The summed E-state index contributed by atoms with van der Waals surface area (Å²) in [6.07, 6.45) is 1.98. The number of sulfonamides is 1. The van der Waals surface area contributed by atoms with E-state index in [1.807, 2.05) is 0 Å². The number of aromatic nitrogens is 4. The second-order valence-electron chi connectivity index (χ2n) is 5.90. The molecule has 0 aliphatic rings. The number of anilines is 5. The smallest absolute Gasteiger partial charge is 0.257 e. The summed E-state index contributed by atoms with van der Waals surface area (Å²) in [5, 5.41) is 9.21. The molecule has 13 heteroatoms. The number of nitrogens with zero attached hydrogens (tertiary/aromatic N) is 4. The summed E-state index contributed by atoms with van der Waals surface area (Å²) in [4.78, 5) is 7.79. The molecule has 0 spiro atoms. The molecule has 0 amide bonds. The summed E-state index contributed by atoms with van der Waals surface area (Å²) < 4.78 is 65.3. The molecule has 2 heterocycles. The Morgan fingerprint density at radius 1 is 1.14 bits per heavy atom. The van der Waals surface area contributed by atoms with Crippen LogP contribution in [0.15, 0.2) is 42.9 Å². The van der Waals surface area contributed by atoms with Gasteiger partial charge in [-0.15, -0.1) is 0 Å². The molecule has 0 aliphatic carbocycles. The molecule has 3 aromatic rings. The van der Waals surface area contributed by atoms with Crippen LogP contribution in [-0.2, 0) is 16.6 Å². The lowest BCUT2D eigenvalue weighted by molar-refractivity contribution is 0.122. The molecule has 0 atom stereocenters. The van der Waals surface area contributed by atoms with E-state index < -0.39 is 28.8 Å². The van der Waals surface area contributed by atoms with Gasteiger partial charge < -0.3 is 10.6 Å². The Bertz CT molecular complexity index is 1110. The van der Waals surface area contributed by atoms with Gasteiger partial charge in [0.05, 0.1) is 35.7 Å². The molecular formula is C16H16F3N7O2S. The molecule has 0 bridgehead atoms. The average Bonchev–Trinajstić information content (AvgIpc) is 3.04. The molecule has 0 fully saturated rings. The van der Waals surface area contributed by atoms with Crippen molar-refractivity contribution in [3.63, 3.8) is 0 Å². The van der Waals surface area contributed by atoms with E-state index in [1.54, 1.807) is 12.1 Å². The van der Waals surface area contributed by atoms with Gasteiger partial charge in [0.15, 0.2) is 11.6 Å². The predicted molar refractivity (Wildman–Crippen MR) is 102 cm³/mol. The lowest BCUT2D eigenvalue weighted by Gasteiger charge is -2.13. The monoisotopic (exact) mass is 427 g/mol. The Labute approximate surface area is 164 Å². The summed E-state index contributed by atoms with van der Waals surface area (Å²) >= 11 is 0. The highest BCUT2D eigenvalue weighted by atomic mass is 32.2. The topological polar surface area (TPSA) is 114 Å². The number of nitrogens with one attached hydrogen (secondary N) is 3. The van der Waals surface area contributed by atoms with Crippen LogP contribution in [0, 0.1) is 5.82 Å². The van der Waals surface area contributed by atoms with Crippen molar-refractivity contribution in [2.75, 3.05) is 21.6 Å². The minimum Gasteiger partial charge on any atom is -0.336 e. The third-order valence-electron chi connectivity index (χ3n) is 3.43. The third-order valence-corrected chi connectivity index (χ3v) is 4.02. The number of halogens is 3. The van der Waals surface area contributed by atoms with E-state index in [1.165, 1.54) is 24.5 Å². The van der Waals surface area contributed by atoms with E-state index in [0.29, 0.717) is 5.69 Å². The first-order valence-electron chi connectivity index (χ1n) is 8.13. The molecule has 0 aliphatic heterocycles. The van der Waals surface area contributed by atoms with Crippen LogP contribution in [0.25, 0.3) is 0 Å². The minimum atomic E-state index is -3.55. The maximum Gasteiger partial charge on any atom is 0.257 e. The van der Waals surface area contributed by atoms with Crippen molar-refractivity contribution in [2.45, 2.75) is 13.0 Å². The van der Waals surface area contributed by atoms with Crippen LogP contribution in [0.1, 0.15) is 0 Å². The van der Waals surface area contributed by atoms with Gasteiger partial charge in [-0.2, -0.15) is 10.1 Å². The fraction of sp³-hybridized carbons (Fsp3) is 0.188. The highest BCUT2D eigenvalue weighted by Crippen LogP contribution is 2.27. The van der Waals surface area contributed by atoms with Crippen LogP contribution in [0.3, 0.4) is 0 Å². The molecule has 29 heavy (non-hydrogen) atoms. The molecular weight excluding hydrogens is 411 g/mol. The van der Waals surface area contributed by atoms with Gasteiger partial charge in [0, 0.05) is 6.20 Å². The normalized spacial score (nSPS) is 11.5. The second-order valence-corrected chi connectivity index (χ2v) is 7.65. The fourth-order valence-electron chi connectivity index (χ4n) is 2.32. The number of hydrogen-bond donors (Lipinski definition) is 3. The third kappa shape index (κ3) is 5.81. The van der Waals surface area contributed by atoms with E-state index in [4.69, 9.17) is 0 Å². The maximum absolute atomic E-state index is 14.2. The van der Waals surface area contributed by atoms with E-state index in [9.17, 15) is 21.6 Å². The largest absolute Gasteiger partial charge is 0.336 e. The van der Waals surface area contributed by atoms with Crippen molar-refractivity contribution in [3.05, 3.63) is 48.7 Å². The van der Waals surface area contributed by atoms with Crippen LogP contribution < -0.4 is 15.4 Å². The Balaban J connectivity index is 1.81. The number of benzene rings is 1. The van der Waals surface area contributed by atoms with Crippen molar-refractivity contribution in [2.24, 2.45) is 0 Å². The van der Waals surface area contributed by atoms with Crippen LogP contribution in [0.5, 0.6) is 0 Å². The second kappa shape index (κ2) is 8.34. The molecule has 0 saturated heterocycles. The Kier molecular flexibility index (Phi) is 5.87. The lowest BCUT2D eigenvalue weighted by atomic mass is 10.2. The van der Waals surface area contributed by atoms with Gasteiger partial charge in [0.1, 0.15) is 6.54 Å². The number of hydrogen-bond acceptors (Lipinski definition) is 7. The zero-order valence-corrected chi connectivity index (χ0v) is 15.8. The minimum absolute atomic E-state index is 0.0148. The van der Waals surface area contributed by atoms with E-state index in [2.05, 4.69) is 30.4 Å². The maximum atomic E-state index is 14.2. The zero-order chi connectivity index (χ0) is 21.0. The van der Waals surface area contributed by atoms with E-state index in [-0.39, 0.29) is 23.1 Å². The standard InChI is InChI=1S/C16H16F3N7O2S/c1-29(27,28)25-13-5-3-2-4-12(13)23-15-11(17)7-20-16(24-15)22-10-6-21-26(8-10)9-14(18)19/h2-8,14,25H,9H2,1H3,(H2,20,22,23,24). The summed E-state index contributed by atoms with van der Waals surface area (Å²) in [6, 6.07) is 6.28. The highest BCUT2D eigenvalue weighted by Gasteiger charge is 2.13. The van der Waals surface area contributed by atoms with Gasteiger partial charge in [-0.05, 0) is 12.1 Å². The van der Waals surface area contributed by atoms with Gasteiger partial charge >= 0.3 is 0 Å². The van der Waals surface area contributed by atoms with Crippen molar-refractivity contribution in [1.29, 1.82) is 0 Å². The molecule has 0 unspecified atom stereocenters. The summed E-state index contributed by atoms with van der Waals surface area (Å²) in [6.45, 7) is -0.567. The molecule has 1 aromatic carbocycles. The van der Waals surface area contributed by atoms with Gasteiger partial charge in [0.2, 0.25) is 16.0 Å². The van der Waals surface area contributed by atoms with Gasteiger partial charge in [-0.25, -0.2) is 26.6 Å². The fourth-order valence-corrected chi connectivity index (χ4v) is 2.90. The Hall–Kier alpha value is -3.35. The van der Waals surface area contributed by atoms with Gasteiger partial charge in [-0.3, -0.25) is 9.40 Å². The van der Waals surface area contributed by atoms with Gasteiger partial charge in [0.25, 0.3) is 6.43 Å². The highest BCUT2D eigenvalue weighted by molar-refractivity contribution is 7.92. The van der Waals surface area contributed by atoms with E-state index >= 15 is 0 Å². The molecule has 0 radical (unpaired) electrons.